The Hall–Kier alpha value is -4.09. The SMILES string of the molecule is CCn1ncc2c(Nc3cnccn3)c(C3=NOC(CC(=O)NC)(C(=O)NC)C3)cnc21. The van der Waals surface area contributed by atoms with Crippen LogP contribution in [0.3, 0.4) is 0 Å². The van der Waals surface area contributed by atoms with Gasteiger partial charge in [-0.1, -0.05) is 5.16 Å². The van der Waals surface area contributed by atoms with Crippen molar-refractivity contribution in [1.82, 2.24) is 35.4 Å². The van der Waals surface area contributed by atoms with E-state index in [1.807, 2.05) is 6.92 Å². The van der Waals surface area contributed by atoms with Crippen LogP contribution < -0.4 is 16.0 Å². The van der Waals surface area contributed by atoms with Crippen molar-refractivity contribution >= 4 is 40.1 Å². The Balaban J connectivity index is 1.77. The average molecular weight is 437 g/mol. The molecule has 1 atom stereocenters. The van der Waals surface area contributed by atoms with Gasteiger partial charge >= 0.3 is 0 Å². The molecular weight excluding hydrogens is 414 g/mol. The topological polar surface area (TPSA) is 148 Å². The van der Waals surface area contributed by atoms with Gasteiger partial charge in [-0.2, -0.15) is 5.10 Å². The number of hydrogen-bond acceptors (Lipinski definition) is 9. The van der Waals surface area contributed by atoms with Gasteiger partial charge in [0.1, 0.15) is 5.82 Å². The van der Waals surface area contributed by atoms with Gasteiger partial charge in [-0.05, 0) is 6.92 Å². The molecule has 3 aromatic heterocycles. The summed E-state index contributed by atoms with van der Waals surface area (Å²) in [4.78, 5) is 43.3. The molecule has 12 heteroatoms. The number of carbonyl (C=O) groups excluding carboxylic acids is 2. The number of anilines is 2. The van der Waals surface area contributed by atoms with Crippen molar-refractivity contribution in [3.8, 4) is 0 Å². The van der Waals surface area contributed by atoms with Crippen LogP contribution in [0, 0.1) is 0 Å². The summed E-state index contributed by atoms with van der Waals surface area (Å²) in [5, 5.41) is 17.7. The molecule has 12 nitrogen and oxygen atoms in total. The summed E-state index contributed by atoms with van der Waals surface area (Å²) in [5.41, 5.74) is 0.982. The Kier molecular flexibility index (Phi) is 5.67. The highest BCUT2D eigenvalue weighted by atomic mass is 16.7. The fourth-order valence-corrected chi connectivity index (χ4v) is 3.60. The van der Waals surface area contributed by atoms with E-state index < -0.39 is 11.5 Å². The second-order valence-corrected chi connectivity index (χ2v) is 7.19. The number of amides is 2. The van der Waals surface area contributed by atoms with Crippen molar-refractivity contribution in [2.45, 2.75) is 31.9 Å². The number of likely N-dealkylation sites (N-methyl/N-ethyl adjacent to an activating group) is 1. The molecule has 3 aromatic rings. The van der Waals surface area contributed by atoms with E-state index in [1.54, 1.807) is 35.7 Å². The summed E-state index contributed by atoms with van der Waals surface area (Å²) in [7, 11) is 2.99. The largest absolute Gasteiger partial charge is 0.378 e. The highest BCUT2D eigenvalue weighted by molar-refractivity contribution is 6.13. The van der Waals surface area contributed by atoms with Gasteiger partial charge in [0.2, 0.25) is 11.5 Å². The number of aryl methyl sites for hydroxylation is 1. The van der Waals surface area contributed by atoms with Gasteiger partial charge in [-0.3, -0.25) is 14.6 Å². The zero-order valence-electron chi connectivity index (χ0n) is 17.9. The molecule has 0 saturated carbocycles. The van der Waals surface area contributed by atoms with E-state index in [0.717, 1.165) is 5.39 Å². The van der Waals surface area contributed by atoms with Gasteiger partial charge in [0.15, 0.2) is 5.65 Å². The highest BCUT2D eigenvalue weighted by Crippen LogP contribution is 2.35. The van der Waals surface area contributed by atoms with Gasteiger partial charge in [-0.25, -0.2) is 14.6 Å². The molecule has 0 aromatic carbocycles. The predicted octanol–water partition coefficient (Wildman–Crippen LogP) is 0.730. The molecule has 3 N–H and O–H groups in total. The first kappa shape index (κ1) is 21.2. The number of hydrogen-bond donors (Lipinski definition) is 3. The maximum atomic E-state index is 12.6. The fourth-order valence-electron chi connectivity index (χ4n) is 3.60. The van der Waals surface area contributed by atoms with Crippen LogP contribution in [0.4, 0.5) is 11.5 Å². The second kappa shape index (κ2) is 8.57. The van der Waals surface area contributed by atoms with Gasteiger partial charge in [0.05, 0.1) is 35.6 Å². The van der Waals surface area contributed by atoms with Crippen LogP contribution in [0.25, 0.3) is 11.0 Å². The molecule has 2 amide bonds. The molecule has 0 bridgehead atoms. The minimum atomic E-state index is -1.45. The highest BCUT2D eigenvalue weighted by Gasteiger charge is 2.48. The quantitative estimate of drug-likeness (QED) is 0.490. The number of rotatable bonds is 7. The third-order valence-electron chi connectivity index (χ3n) is 5.24. The van der Waals surface area contributed by atoms with Crippen molar-refractivity contribution < 1.29 is 14.4 Å². The first-order chi connectivity index (χ1) is 15.5. The molecule has 1 aliphatic heterocycles. The number of fused-ring (bicyclic) bond motifs is 1. The molecular formula is C20H23N9O3. The smallest absolute Gasteiger partial charge is 0.267 e. The molecule has 0 radical (unpaired) electrons. The molecule has 4 heterocycles. The summed E-state index contributed by atoms with van der Waals surface area (Å²) in [6.45, 7) is 2.62. The van der Waals surface area contributed by atoms with Crippen LogP contribution in [0.5, 0.6) is 0 Å². The Morgan fingerprint density at radius 1 is 1.16 bits per heavy atom. The zero-order valence-corrected chi connectivity index (χ0v) is 17.9. The van der Waals surface area contributed by atoms with Crippen LogP contribution in [0.1, 0.15) is 25.3 Å². The van der Waals surface area contributed by atoms with Crippen molar-refractivity contribution in [2.24, 2.45) is 5.16 Å². The fraction of sp³-hybridized carbons (Fsp3) is 0.350. The lowest BCUT2D eigenvalue weighted by atomic mass is 9.89. The van der Waals surface area contributed by atoms with Crippen molar-refractivity contribution in [3.63, 3.8) is 0 Å². The molecule has 0 aliphatic carbocycles. The molecule has 166 valence electrons. The van der Waals surface area contributed by atoms with Crippen LogP contribution >= 0.6 is 0 Å². The summed E-state index contributed by atoms with van der Waals surface area (Å²) in [6.07, 6.45) is 8.02. The predicted molar refractivity (Wildman–Crippen MR) is 116 cm³/mol. The van der Waals surface area contributed by atoms with Gasteiger partial charge < -0.3 is 20.8 Å². The van der Waals surface area contributed by atoms with Crippen LogP contribution in [0.2, 0.25) is 0 Å². The maximum absolute atomic E-state index is 12.6. The normalized spacial score (nSPS) is 17.5. The van der Waals surface area contributed by atoms with E-state index in [4.69, 9.17) is 4.84 Å². The van der Waals surface area contributed by atoms with E-state index in [-0.39, 0.29) is 18.7 Å². The van der Waals surface area contributed by atoms with Crippen molar-refractivity contribution in [2.75, 3.05) is 19.4 Å². The van der Waals surface area contributed by atoms with Crippen LogP contribution in [0.15, 0.2) is 36.1 Å². The van der Waals surface area contributed by atoms with E-state index >= 15 is 0 Å². The standard InChI is InChI=1S/C20H23N9O3/c1-4-29-18-13(10-26-29)17(27-15-11-23-5-6-24-15)12(9-25-18)14-7-20(32-28-14,19(31)22-3)8-16(30)21-2/h5-6,9-11H,4,7-8H2,1-3H3,(H,21,30)(H,22,31)(H,24,25,27). The molecule has 0 fully saturated rings. The van der Waals surface area contributed by atoms with Gasteiger partial charge in [-0.15, -0.1) is 0 Å². The minimum absolute atomic E-state index is 0.0876. The molecule has 0 spiro atoms. The van der Waals surface area contributed by atoms with E-state index in [0.29, 0.717) is 35.0 Å². The molecule has 32 heavy (non-hydrogen) atoms. The molecule has 4 rings (SSSR count). The molecule has 0 saturated heterocycles. The maximum Gasteiger partial charge on any atom is 0.267 e. The van der Waals surface area contributed by atoms with Gasteiger partial charge in [0, 0.05) is 51.2 Å². The Morgan fingerprint density at radius 3 is 2.69 bits per heavy atom. The van der Waals surface area contributed by atoms with Crippen LogP contribution in [-0.4, -0.2) is 62.0 Å². The number of carbonyl (C=O) groups is 2. The summed E-state index contributed by atoms with van der Waals surface area (Å²) in [5.74, 6) is -0.246. The average Bonchev–Trinajstić information content (AvgIpc) is 3.44. The minimum Gasteiger partial charge on any atom is -0.378 e. The Morgan fingerprint density at radius 2 is 2.00 bits per heavy atom. The van der Waals surface area contributed by atoms with E-state index in [2.05, 4.69) is 41.2 Å². The Labute approximate surface area is 183 Å². The zero-order chi connectivity index (χ0) is 22.7. The van der Waals surface area contributed by atoms with E-state index in [9.17, 15) is 9.59 Å². The lowest BCUT2D eigenvalue weighted by Crippen LogP contribution is -2.48. The summed E-state index contributed by atoms with van der Waals surface area (Å²) in [6, 6.07) is 0. The first-order valence-electron chi connectivity index (χ1n) is 10.1. The lowest BCUT2D eigenvalue weighted by molar-refractivity contribution is -0.149. The van der Waals surface area contributed by atoms with Crippen molar-refractivity contribution in [3.05, 3.63) is 36.5 Å². The summed E-state index contributed by atoms with van der Waals surface area (Å²) < 4.78 is 1.77. The van der Waals surface area contributed by atoms with Crippen molar-refractivity contribution in [1.29, 1.82) is 0 Å². The number of oxime groups is 1. The van der Waals surface area contributed by atoms with Crippen LogP contribution in [-0.2, 0) is 21.0 Å². The lowest BCUT2D eigenvalue weighted by Gasteiger charge is -2.23. The number of aromatic nitrogens is 5. The number of nitrogens with one attached hydrogen (secondary N) is 3. The second-order valence-electron chi connectivity index (χ2n) is 7.19. The summed E-state index contributed by atoms with van der Waals surface area (Å²) >= 11 is 0. The first-order valence-corrected chi connectivity index (χ1v) is 10.1. The van der Waals surface area contributed by atoms with Gasteiger partial charge in [0.25, 0.3) is 5.91 Å². The third-order valence-corrected chi connectivity index (χ3v) is 5.24. The third kappa shape index (κ3) is 3.70. The molecule has 1 unspecified atom stereocenters. The monoisotopic (exact) mass is 437 g/mol. The molecule has 1 aliphatic rings. The van der Waals surface area contributed by atoms with E-state index in [1.165, 1.54) is 14.1 Å². The number of pyridine rings is 1. The number of nitrogens with zero attached hydrogens (tertiary/aromatic N) is 6. The Bertz CT molecular complexity index is 1190.